The van der Waals surface area contributed by atoms with Gasteiger partial charge in [-0.2, -0.15) is 0 Å². The first-order chi connectivity index (χ1) is 9.60. The summed E-state index contributed by atoms with van der Waals surface area (Å²) in [7, 11) is 0.698. The molecule has 0 aliphatic carbocycles. The van der Waals surface area contributed by atoms with Crippen LogP contribution in [0.15, 0.2) is 53.4 Å². The zero-order chi connectivity index (χ0) is 14.5. The Balaban J connectivity index is 2.22. The summed E-state index contributed by atoms with van der Waals surface area (Å²) >= 11 is 1.63. The number of benzene rings is 2. The molecule has 0 aliphatic heterocycles. The van der Waals surface area contributed by atoms with Crippen molar-refractivity contribution in [2.75, 3.05) is 13.4 Å². The van der Waals surface area contributed by atoms with Crippen LogP contribution in [0.3, 0.4) is 0 Å². The van der Waals surface area contributed by atoms with Gasteiger partial charge in [-0.15, -0.1) is 11.8 Å². The fraction of sp³-hybridized carbons (Fsp3) is 0.250. The number of rotatable bonds is 5. The highest BCUT2D eigenvalue weighted by atomic mass is 32.2. The van der Waals surface area contributed by atoms with Crippen LogP contribution < -0.4 is 4.74 Å². The molecular formula is C16H18O2S2. The molecule has 0 amide bonds. The molecule has 2 aromatic carbocycles. The van der Waals surface area contributed by atoms with Crippen molar-refractivity contribution in [2.45, 2.75) is 16.4 Å². The Kier molecular flexibility index (Phi) is 5.26. The largest absolute Gasteiger partial charge is 0.497 e. The summed E-state index contributed by atoms with van der Waals surface area (Å²) in [5, 5.41) is 0. The first-order valence-electron chi connectivity index (χ1n) is 6.29. The lowest BCUT2D eigenvalue weighted by atomic mass is 10.2. The van der Waals surface area contributed by atoms with Gasteiger partial charge in [-0.3, -0.25) is 4.21 Å². The van der Waals surface area contributed by atoms with E-state index >= 15 is 0 Å². The summed E-state index contributed by atoms with van der Waals surface area (Å²) in [6, 6.07) is 16.1. The quantitative estimate of drug-likeness (QED) is 0.775. The SMILES string of the molecule is COc1ccc(C(Sc2ccc(C)cc2)S(C)=O)cc1. The van der Waals surface area contributed by atoms with E-state index in [-0.39, 0.29) is 4.58 Å². The van der Waals surface area contributed by atoms with E-state index in [4.69, 9.17) is 4.74 Å². The molecule has 2 rings (SSSR count). The second kappa shape index (κ2) is 6.95. The Morgan fingerprint density at radius 1 is 1.05 bits per heavy atom. The van der Waals surface area contributed by atoms with Crippen LogP contribution in [0, 0.1) is 6.92 Å². The molecule has 0 N–H and O–H groups in total. The van der Waals surface area contributed by atoms with Crippen LogP contribution in [0.2, 0.25) is 0 Å². The van der Waals surface area contributed by atoms with Crippen LogP contribution >= 0.6 is 11.8 Å². The summed E-state index contributed by atoms with van der Waals surface area (Å²) < 4.78 is 17.1. The number of aryl methyl sites for hydroxylation is 1. The minimum absolute atomic E-state index is 0.0661. The van der Waals surface area contributed by atoms with Gasteiger partial charge in [0.15, 0.2) is 0 Å². The molecule has 0 saturated heterocycles. The lowest BCUT2D eigenvalue weighted by molar-refractivity contribution is 0.414. The van der Waals surface area contributed by atoms with Crippen molar-refractivity contribution in [1.29, 1.82) is 0 Å². The van der Waals surface area contributed by atoms with Gasteiger partial charge in [-0.25, -0.2) is 0 Å². The summed E-state index contributed by atoms with van der Waals surface area (Å²) in [6.07, 6.45) is 1.75. The normalized spacial score (nSPS) is 13.8. The maximum atomic E-state index is 12.0. The third-order valence-electron chi connectivity index (χ3n) is 2.95. The van der Waals surface area contributed by atoms with Crippen molar-refractivity contribution in [1.82, 2.24) is 0 Å². The molecule has 0 bridgehead atoms. The van der Waals surface area contributed by atoms with Gasteiger partial charge >= 0.3 is 0 Å². The molecule has 2 nitrogen and oxygen atoms in total. The van der Waals surface area contributed by atoms with E-state index in [2.05, 4.69) is 31.2 Å². The van der Waals surface area contributed by atoms with Gasteiger partial charge < -0.3 is 4.74 Å². The van der Waals surface area contributed by atoms with Crippen molar-refractivity contribution in [3.8, 4) is 5.75 Å². The topological polar surface area (TPSA) is 26.3 Å². The zero-order valence-corrected chi connectivity index (χ0v) is 13.5. The Morgan fingerprint density at radius 2 is 1.65 bits per heavy atom. The molecule has 106 valence electrons. The Morgan fingerprint density at radius 3 is 2.15 bits per heavy atom. The molecule has 2 unspecified atom stereocenters. The number of methoxy groups -OCH3 is 1. The molecule has 0 heterocycles. The molecule has 0 spiro atoms. The molecule has 2 aromatic rings. The van der Waals surface area contributed by atoms with Crippen LogP contribution in [-0.2, 0) is 10.8 Å². The van der Waals surface area contributed by atoms with Gasteiger partial charge in [0.25, 0.3) is 0 Å². The first kappa shape index (κ1) is 15.1. The van der Waals surface area contributed by atoms with E-state index in [9.17, 15) is 4.21 Å². The van der Waals surface area contributed by atoms with E-state index in [0.29, 0.717) is 0 Å². The van der Waals surface area contributed by atoms with Gasteiger partial charge in [0, 0.05) is 22.0 Å². The lowest BCUT2D eigenvalue weighted by Crippen LogP contribution is -2.01. The fourth-order valence-electron chi connectivity index (χ4n) is 1.83. The van der Waals surface area contributed by atoms with Crippen LogP contribution in [0.1, 0.15) is 15.7 Å². The molecule has 2 atom stereocenters. The minimum atomic E-state index is -0.947. The first-order valence-corrected chi connectivity index (χ1v) is 8.80. The van der Waals surface area contributed by atoms with Crippen LogP contribution in [0.5, 0.6) is 5.75 Å². The number of hydrogen-bond donors (Lipinski definition) is 0. The third kappa shape index (κ3) is 3.87. The molecule has 0 aromatic heterocycles. The highest BCUT2D eigenvalue weighted by molar-refractivity contribution is 8.10. The highest BCUT2D eigenvalue weighted by Gasteiger charge is 2.17. The summed E-state index contributed by atoms with van der Waals surface area (Å²) in [6.45, 7) is 2.06. The molecule has 0 saturated carbocycles. The minimum Gasteiger partial charge on any atom is -0.497 e. The van der Waals surface area contributed by atoms with E-state index in [0.717, 1.165) is 16.2 Å². The van der Waals surface area contributed by atoms with E-state index in [1.54, 1.807) is 25.1 Å². The van der Waals surface area contributed by atoms with Crippen molar-refractivity contribution < 1.29 is 8.95 Å². The zero-order valence-electron chi connectivity index (χ0n) is 11.8. The second-order valence-corrected chi connectivity index (χ2v) is 7.48. The molecule has 0 radical (unpaired) electrons. The summed E-state index contributed by atoms with van der Waals surface area (Å²) in [4.78, 5) is 1.13. The number of thioether (sulfide) groups is 1. The van der Waals surface area contributed by atoms with Crippen molar-refractivity contribution >= 4 is 22.6 Å². The Hall–Kier alpha value is -1.26. The Bertz CT molecular complexity index is 576. The monoisotopic (exact) mass is 306 g/mol. The molecule has 4 heteroatoms. The van der Waals surface area contributed by atoms with Gasteiger partial charge in [0.2, 0.25) is 0 Å². The van der Waals surface area contributed by atoms with Gasteiger partial charge in [-0.05, 0) is 36.8 Å². The summed E-state index contributed by atoms with van der Waals surface area (Å²) in [5.41, 5.74) is 2.28. The maximum Gasteiger partial charge on any atom is 0.118 e. The van der Waals surface area contributed by atoms with Gasteiger partial charge in [-0.1, -0.05) is 29.8 Å². The van der Waals surface area contributed by atoms with Crippen molar-refractivity contribution in [3.63, 3.8) is 0 Å². The summed E-state index contributed by atoms with van der Waals surface area (Å²) in [5.74, 6) is 0.815. The van der Waals surface area contributed by atoms with E-state index in [1.165, 1.54) is 5.56 Å². The highest BCUT2D eigenvalue weighted by Crippen LogP contribution is 2.37. The molecule has 20 heavy (non-hydrogen) atoms. The smallest absolute Gasteiger partial charge is 0.118 e. The molecular weight excluding hydrogens is 288 g/mol. The van der Waals surface area contributed by atoms with E-state index < -0.39 is 10.8 Å². The predicted octanol–water partition coefficient (Wildman–Crippen LogP) is 4.17. The molecule has 0 fully saturated rings. The fourth-order valence-corrected chi connectivity index (χ4v) is 4.08. The van der Waals surface area contributed by atoms with Crippen LogP contribution in [0.25, 0.3) is 0 Å². The number of ether oxygens (including phenoxy) is 1. The average Bonchev–Trinajstić information content (AvgIpc) is 2.46. The van der Waals surface area contributed by atoms with Gasteiger partial charge in [0.1, 0.15) is 10.3 Å². The predicted molar refractivity (Wildman–Crippen MR) is 86.8 cm³/mol. The molecule has 0 aliphatic rings. The van der Waals surface area contributed by atoms with Crippen molar-refractivity contribution in [3.05, 3.63) is 59.7 Å². The van der Waals surface area contributed by atoms with Gasteiger partial charge in [0.05, 0.1) is 7.11 Å². The third-order valence-corrected chi connectivity index (χ3v) is 5.96. The average molecular weight is 306 g/mol. The standard InChI is InChI=1S/C16H18O2S2/c1-12-4-10-15(11-5-12)19-16(20(3)17)13-6-8-14(18-2)9-7-13/h4-11,16H,1-3H3. The van der Waals surface area contributed by atoms with Crippen molar-refractivity contribution in [2.24, 2.45) is 0 Å². The number of hydrogen-bond acceptors (Lipinski definition) is 3. The van der Waals surface area contributed by atoms with Crippen LogP contribution in [0.4, 0.5) is 0 Å². The second-order valence-electron chi connectivity index (χ2n) is 4.53. The Labute approximate surface area is 127 Å². The lowest BCUT2D eigenvalue weighted by Gasteiger charge is -2.15. The van der Waals surface area contributed by atoms with E-state index in [1.807, 2.05) is 24.3 Å². The maximum absolute atomic E-state index is 12.0. The van der Waals surface area contributed by atoms with Crippen LogP contribution in [-0.4, -0.2) is 17.6 Å².